The maximum Gasteiger partial charge on any atom is 0.249 e. The van der Waals surface area contributed by atoms with Gasteiger partial charge in [0.1, 0.15) is 0 Å². The molecule has 0 atom stereocenters. The largest absolute Gasteiger partial charge is 0.366 e. The Bertz CT molecular complexity index is 523. The molecule has 0 aliphatic rings. The molecule has 2 aromatic carbocycles. The number of benzene rings is 2. The maximum absolute atomic E-state index is 11.3. The molecule has 1 amide bonds. The highest BCUT2D eigenvalue weighted by atomic mass is 79.9. The molecule has 0 aliphatic carbocycles. The number of halogens is 1. The van der Waals surface area contributed by atoms with E-state index >= 15 is 0 Å². The monoisotopic (exact) mass is 275 g/mol. The molecule has 0 heterocycles. The number of primary amides is 1. The summed E-state index contributed by atoms with van der Waals surface area (Å²) in [6.07, 6.45) is 0. The fraction of sp³-hybridized carbons (Fsp3) is 0. The molecule has 0 aromatic heterocycles. The average molecular weight is 276 g/mol. The van der Waals surface area contributed by atoms with Crippen molar-refractivity contribution in [2.24, 2.45) is 5.73 Å². The number of hydrogen-bond acceptors (Lipinski definition) is 1. The van der Waals surface area contributed by atoms with Crippen LogP contribution in [0.4, 0.5) is 0 Å². The van der Waals surface area contributed by atoms with Gasteiger partial charge >= 0.3 is 0 Å². The van der Waals surface area contributed by atoms with E-state index in [1.54, 1.807) is 6.07 Å². The standard InChI is InChI=1S/C13H10BrNO/c14-10-6-7-11(12(8-10)13(15)16)9-4-2-1-3-5-9/h1-8H,(H2,15,16). The van der Waals surface area contributed by atoms with Gasteiger partial charge in [-0.2, -0.15) is 0 Å². The van der Waals surface area contributed by atoms with Crippen molar-refractivity contribution in [2.45, 2.75) is 0 Å². The van der Waals surface area contributed by atoms with E-state index in [-0.39, 0.29) is 0 Å². The van der Waals surface area contributed by atoms with E-state index in [2.05, 4.69) is 15.9 Å². The number of carbonyl (C=O) groups excluding carboxylic acids is 1. The zero-order valence-corrected chi connectivity index (χ0v) is 10.1. The highest BCUT2D eigenvalue weighted by molar-refractivity contribution is 9.10. The summed E-state index contributed by atoms with van der Waals surface area (Å²) in [7, 11) is 0. The molecule has 0 aliphatic heterocycles. The van der Waals surface area contributed by atoms with Crippen molar-refractivity contribution in [3.8, 4) is 11.1 Å². The molecule has 2 aromatic rings. The van der Waals surface area contributed by atoms with Crippen LogP contribution in [0.2, 0.25) is 0 Å². The summed E-state index contributed by atoms with van der Waals surface area (Å²) in [4.78, 5) is 11.3. The molecular weight excluding hydrogens is 266 g/mol. The first-order chi connectivity index (χ1) is 7.68. The minimum Gasteiger partial charge on any atom is -0.366 e. The molecule has 80 valence electrons. The van der Waals surface area contributed by atoms with Crippen LogP contribution in [0.15, 0.2) is 53.0 Å². The first-order valence-electron chi connectivity index (χ1n) is 4.83. The number of amides is 1. The lowest BCUT2D eigenvalue weighted by Crippen LogP contribution is -2.12. The number of rotatable bonds is 2. The lowest BCUT2D eigenvalue weighted by Gasteiger charge is -2.07. The summed E-state index contributed by atoms with van der Waals surface area (Å²) < 4.78 is 0.848. The van der Waals surface area contributed by atoms with Crippen LogP contribution in [0.5, 0.6) is 0 Å². The van der Waals surface area contributed by atoms with Crippen LogP contribution in [0.25, 0.3) is 11.1 Å². The van der Waals surface area contributed by atoms with Gasteiger partial charge in [0, 0.05) is 10.0 Å². The Morgan fingerprint density at radius 2 is 1.75 bits per heavy atom. The molecule has 0 spiro atoms. The van der Waals surface area contributed by atoms with Crippen LogP contribution >= 0.6 is 15.9 Å². The highest BCUT2D eigenvalue weighted by Gasteiger charge is 2.09. The van der Waals surface area contributed by atoms with Gasteiger partial charge in [-0.1, -0.05) is 52.3 Å². The van der Waals surface area contributed by atoms with Crippen molar-refractivity contribution in [3.05, 3.63) is 58.6 Å². The molecule has 2 N–H and O–H groups in total. The summed E-state index contributed by atoms with van der Waals surface area (Å²) in [5.74, 6) is -0.417. The van der Waals surface area contributed by atoms with E-state index in [1.165, 1.54) is 0 Å². The molecular formula is C13H10BrNO. The van der Waals surface area contributed by atoms with Crippen LogP contribution in [0.3, 0.4) is 0 Å². The van der Waals surface area contributed by atoms with Crippen molar-refractivity contribution < 1.29 is 4.79 Å². The summed E-state index contributed by atoms with van der Waals surface area (Å²) in [6.45, 7) is 0. The Kier molecular flexibility index (Phi) is 3.06. The van der Waals surface area contributed by atoms with Crippen molar-refractivity contribution in [3.63, 3.8) is 0 Å². The molecule has 0 unspecified atom stereocenters. The van der Waals surface area contributed by atoms with Crippen LogP contribution in [0.1, 0.15) is 10.4 Å². The molecule has 16 heavy (non-hydrogen) atoms. The second kappa shape index (κ2) is 4.49. The Morgan fingerprint density at radius 1 is 1.06 bits per heavy atom. The highest BCUT2D eigenvalue weighted by Crippen LogP contribution is 2.26. The lowest BCUT2D eigenvalue weighted by molar-refractivity contribution is 0.100. The smallest absolute Gasteiger partial charge is 0.249 e. The van der Waals surface area contributed by atoms with Gasteiger partial charge in [-0.15, -0.1) is 0 Å². The Hall–Kier alpha value is -1.61. The Balaban J connectivity index is 2.61. The van der Waals surface area contributed by atoms with E-state index in [0.717, 1.165) is 15.6 Å². The van der Waals surface area contributed by atoms with Gasteiger partial charge in [0.15, 0.2) is 0 Å². The summed E-state index contributed by atoms with van der Waals surface area (Å²) in [6, 6.07) is 15.2. The topological polar surface area (TPSA) is 43.1 Å². The summed E-state index contributed by atoms with van der Waals surface area (Å²) in [5, 5.41) is 0. The van der Waals surface area contributed by atoms with Gasteiger partial charge in [0.2, 0.25) is 5.91 Å². The third-order valence-corrected chi connectivity index (χ3v) is 2.83. The molecule has 0 radical (unpaired) electrons. The van der Waals surface area contributed by atoms with Gasteiger partial charge in [0.05, 0.1) is 0 Å². The van der Waals surface area contributed by atoms with Gasteiger partial charge in [-0.3, -0.25) is 4.79 Å². The minimum atomic E-state index is -0.417. The zero-order valence-electron chi connectivity index (χ0n) is 8.48. The first kappa shape index (κ1) is 10.9. The van der Waals surface area contributed by atoms with Crippen LogP contribution in [-0.4, -0.2) is 5.91 Å². The van der Waals surface area contributed by atoms with E-state index in [1.807, 2.05) is 42.5 Å². The molecule has 2 rings (SSSR count). The number of nitrogens with two attached hydrogens (primary N) is 1. The average Bonchev–Trinajstić information content (AvgIpc) is 2.30. The third kappa shape index (κ3) is 2.14. The normalized spacial score (nSPS) is 10.1. The Morgan fingerprint density at radius 3 is 2.38 bits per heavy atom. The first-order valence-corrected chi connectivity index (χ1v) is 5.62. The summed E-state index contributed by atoms with van der Waals surface area (Å²) >= 11 is 3.33. The number of hydrogen-bond donors (Lipinski definition) is 1. The van der Waals surface area contributed by atoms with Gasteiger partial charge in [-0.05, 0) is 23.3 Å². The molecule has 0 bridgehead atoms. The molecule has 0 saturated carbocycles. The number of carbonyl (C=O) groups is 1. The Labute approximate surface area is 102 Å². The molecule has 2 nitrogen and oxygen atoms in total. The van der Waals surface area contributed by atoms with Crippen LogP contribution < -0.4 is 5.73 Å². The predicted molar refractivity (Wildman–Crippen MR) is 68.1 cm³/mol. The maximum atomic E-state index is 11.3. The van der Waals surface area contributed by atoms with E-state index in [4.69, 9.17) is 5.73 Å². The van der Waals surface area contributed by atoms with Crippen LogP contribution in [0, 0.1) is 0 Å². The lowest BCUT2D eigenvalue weighted by atomic mass is 9.99. The molecule has 0 saturated heterocycles. The minimum absolute atomic E-state index is 0.417. The second-order valence-corrected chi connectivity index (χ2v) is 4.34. The molecule has 0 fully saturated rings. The van der Waals surface area contributed by atoms with Crippen molar-refractivity contribution >= 4 is 21.8 Å². The second-order valence-electron chi connectivity index (χ2n) is 3.42. The van der Waals surface area contributed by atoms with E-state index in [9.17, 15) is 4.79 Å². The van der Waals surface area contributed by atoms with Crippen molar-refractivity contribution in [1.82, 2.24) is 0 Å². The van der Waals surface area contributed by atoms with Crippen molar-refractivity contribution in [2.75, 3.05) is 0 Å². The fourth-order valence-electron chi connectivity index (χ4n) is 1.59. The summed E-state index contributed by atoms with van der Waals surface area (Å²) in [5.41, 5.74) is 7.74. The quantitative estimate of drug-likeness (QED) is 0.899. The van der Waals surface area contributed by atoms with E-state index in [0.29, 0.717) is 5.56 Å². The predicted octanol–water partition coefficient (Wildman–Crippen LogP) is 3.22. The van der Waals surface area contributed by atoms with Gasteiger partial charge in [-0.25, -0.2) is 0 Å². The molecule has 3 heteroatoms. The van der Waals surface area contributed by atoms with E-state index < -0.39 is 5.91 Å². The van der Waals surface area contributed by atoms with Crippen LogP contribution in [-0.2, 0) is 0 Å². The zero-order chi connectivity index (χ0) is 11.5. The third-order valence-electron chi connectivity index (χ3n) is 2.33. The van der Waals surface area contributed by atoms with Crippen molar-refractivity contribution in [1.29, 1.82) is 0 Å². The van der Waals surface area contributed by atoms with Gasteiger partial charge < -0.3 is 5.73 Å². The van der Waals surface area contributed by atoms with Gasteiger partial charge in [0.25, 0.3) is 0 Å². The fourth-order valence-corrected chi connectivity index (χ4v) is 1.95. The SMILES string of the molecule is NC(=O)c1cc(Br)ccc1-c1ccccc1.